The maximum absolute atomic E-state index is 12.2. The molecule has 0 atom stereocenters. The Morgan fingerprint density at radius 2 is 1.67 bits per heavy atom. The van der Waals surface area contributed by atoms with Crippen molar-refractivity contribution in [3.8, 4) is 0 Å². The summed E-state index contributed by atoms with van der Waals surface area (Å²) in [6.45, 7) is 4.10. The zero-order valence-corrected chi connectivity index (χ0v) is 11.9. The molecule has 0 aliphatic carbocycles. The number of hydrogen-bond acceptors (Lipinski definition) is 3. The molecule has 2 heterocycles. The van der Waals surface area contributed by atoms with E-state index in [1.165, 1.54) is 4.90 Å². The van der Waals surface area contributed by atoms with Gasteiger partial charge in [0.2, 0.25) is 0 Å². The normalized spacial score (nSPS) is 13.5. The summed E-state index contributed by atoms with van der Waals surface area (Å²) in [6.07, 6.45) is 0. The third-order valence-electron chi connectivity index (χ3n) is 3.45. The number of pyridine rings is 1. The molecule has 2 amide bonds. The number of hydrogen-bond donors (Lipinski definition) is 1. The minimum absolute atomic E-state index is 0.145. The molecule has 0 fully saturated rings. The van der Waals surface area contributed by atoms with E-state index >= 15 is 0 Å². The third kappa shape index (κ3) is 2.38. The quantitative estimate of drug-likeness (QED) is 0.873. The maximum atomic E-state index is 12.2. The molecule has 1 aliphatic rings. The summed E-state index contributed by atoms with van der Waals surface area (Å²) in [5, 5.41) is 3.09. The Bertz CT molecular complexity index is 685. The maximum Gasteiger partial charge on any atom is 0.274 e. The largest absolute Gasteiger partial charge is 0.274 e. The minimum atomic E-state index is -0.257. The number of carbonyl (C=O) groups excluding carboxylic acids is 2. The number of imide groups is 1. The van der Waals surface area contributed by atoms with Crippen molar-refractivity contribution in [3.05, 3.63) is 58.8 Å². The van der Waals surface area contributed by atoms with E-state index in [2.05, 4.69) is 10.3 Å². The zero-order valence-electron chi connectivity index (χ0n) is 11.9. The van der Waals surface area contributed by atoms with Gasteiger partial charge < -0.3 is 0 Å². The van der Waals surface area contributed by atoms with Crippen molar-refractivity contribution in [2.75, 3.05) is 12.0 Å². The number of aromatic nitrogens is 1. The van der Waals surface area contributed by atoms with E-state index in [-0.39, 0.29) is 18.5 Å². The molecule has 1 aliphatic heterocycles. The number of nitrogens with zero attached hydrogens (tertiary/aromatic N) is 1. The molecule has 0 unspecified atom stereocenters. The number of anilines is 1. The summed E-state index contributed by atoms with van der Waals surface area (Å²) < 4.78 is 0. The Labute approximate surface area is 122 Å². The van der Waals surface area contributed by atoms with Crippen LogP contribution < -0.4 is 10.3 Å². The van der Waals surface area contributed by atoms with Crippen LogP contribution in [0.4, 0.5) is 5.82 Å². The summed E-state index contributed by atoms with van der Waals surface area (Å²) in [5.41, 5.74) is 3.05. The van der Waals surface area contributed by atoms with Gasteiger partial charge in [-0.2, -0.15) is 0 Å². The Balaban J connectivity index is 1.78. The van der Waals surface area contributed by atoms with Gasteiger partial charge in [0, 0.05) is 6.07 Å². The molecule has 2 aromatic rings. The van der Waals surface area contributed by atoms with Crippen molar-refractivity contribution >= 4 is 17.6 Å². The van der Waals surface area contributed by atoms with Crippen LogP contribution in [0.5, 0.6) is 0 Å². The molecule has 21 heavy (non-hydrogen) atoms. The Kier molecular flexibility index (Phi) is 3.17. The van der Waals surface area contributed by atoms with Gasteiger partial charge in [0.25, 0.3) is 17.6 Å². The summed E-state index contributed by atoms with van der Waals surface area (Å²) in [4.78, 5) is 28.8. The van der Waals surface area contributed by atoms with Gasteiger partial charge in [-0.05, 0) is 37.6 Å². The minimum Gasteiger partial charge on any atom is -0.268 e. The smallest absolute Gasteiger partial charge is 0.268 e. The van der Waals surface area contributed by atoms with Crippen LogP contribution in [0.25, 0.3) is 0 Å². The lowest BCUT2D eigenvalue weighted by Gasteiger charge is -2.11. The molecule has 5 heteroatoms. The van der Waals surface area contributed by atoms with Crippen LogP contribution in [0.1, 0.15) is 32.0 Å². The van der Waals surface area contributed by atoms with Crippen LogP contribution in [0.3, 0.4) is 0 Å². The highest BCUT2D eigenvalue weighted by atomic mass is 16.2. The van der Waals surface area contributed by atoms with Gasteiger partial charge in [0.1, 0.15) is 0 Å². The molecular weight excluding hydrogens is 266 g/mol. The predicted octanol–water partition coefficient (Wildman–Crippen LogP) is 1.78. The van der Waals surface area contributed by atoms with Crippen LogP contribution in [-0.2, 0) is 0 Å². The van der Waals surface area contributed by atoms with Crippen molar-refractivity contribution < 1.29 is 14.6 Å². The van der Waals surface area contributed by atoms with Crippen molar-refractivity contribution in [2.45, 2.75) is 13.8 Å². The number of rotatable bonds is 3. The number of fused-ring (bicyclic) bond motifs is 1. The molecule has 0 bridgehead atoms. The molecule has 5 nitrogen and oxygen atoms in total. The standard InChI is InChI=1S/C16H15N3O2/c1-10-7-11(2)18-14(8-10)17-9-19-15(20)12-5-3-4-6-13(12)16(19)21/h3-8H,9H2,1-2H3,(H,17,18)/p+1. The first kappa shape index (κ1) is 13.3. The zero-order chi connectivity index (χ0) is 15.0. The number of amides is 2. The number of nitrogens with one attached hydrogen (secondary N) is 2. The average molecular weight is 282 g/mol. The van der Waals surface area contributed by atoms with Crippen LogP contribution in [0.15, 0.2) is 36.4 Å². The van der Waals surface area contributed by atoms with Gasteiger partial charge in [0.15, 0.2) is 6.67 Å². The first-order valence-electron chi connectivity index (χ1n) is 6.76. The lowest BCUT2D eigenvalue weighted by Crippen LogP contribution is -2.35. The lowest BCUT2D eigenvalue weighted by atomic mass is 10.1. The topological polar surface area (TPSA) is 63.6 Å². The van der Waals surface area contributed by atoms with E-state index in [4.69, 9.17) is 0 Å². The third-order valence-corrected chi connectivity index (χ3v) is 3.45. The lowest BCUT2D eigenvalue weighted by molar-refractivity contribution is -0.371. The van der Waals surface area contributed by atoms with Crippen LogP contribution in [0.2, 0.25) is 0 Å². The first-order valence-corrected chi connectivity index (χ1v) is 6.76. The Hall–Kier alpha value is -2.69. The molecule has 0 radical (unpaired) electrons. The summed E-state index contributed by atoms with van der Waals surface area (Å²) >= 11 is 0. The Morgan fingerprint density at radius 3 is 2.24 bits per heavy atom. The molecule has 0 saturated heterocycles. The van der Waals surface area contributed by atoms with Crippen LogP contribution in [0, 0.1) is 13.8 Å². The number of benzene rings is 1. The van der Waals surface area contributed by atoms with Crippen molar-refractivity contribution in [1.29, 1.82) is 0 Å². The molecule has 2 N–H and O–H groups in total. The molecule has 3 rings (SSSR count). The summed E-state index contributed by atoms with van der Waals surface area (Å²) in [6, 6.07) is 10.8. The number of H-pyrrole nitrogens is 1. The fraction of sp³-hybridized carbons (Fsp3) is 0.188. The van der Waals surface area contributed by atoms with E-state index in [1.54, 1.807) is 24.3 Å². The molecule has 1 aromatic carbocycles. The number of aromatic amines is 1. The average Bonchev–Trinajstić information content (AvgIpc) is 2.69. The van der Waals surface area contributed by atoms with Crippen molar-refractivity contribution in [3.63, 3.8) is 0 Å². The number of carbonyl (C=O) groups is 2. The SMILES string of the molecule is Cc1cc(C)[nH+]c(NCN2C(=O)c3ccccc3C2=O)c1. The highest BCUT2D eigenvalue weighted by Crippen LogP contribution is 2.22. The molecular formula is C16H16N3O2+. The van der Waals surface area contributed by atoms with Gasteiger partial charge in [-0.15, -0.1) is 0 Å². The fourth-order valence-corrected chi connectivity index (χ4v) is 2.54. The van der Waals surface area contributed by atoms with E-state index < -0.39 is 0 Å². The summed E-state index contributed by atoms with van der Waals surface area (Å²) in [7, 11) is 0. The van der Waals surface area contributed by atoms with Gasteiger partial charge in [0.05, 0.1) is 16.8 Å². The molecule has 0 spiro atoms. The van der Waals surface area contributed by atoms with Crippen molar-refractivity contribution in [1.82, 2.24) is 4.90 Å². The second-order valence-electron chi connectivity index (χ2n) is 5.17. The number of aryl methyl sites for hydroxylation is 2. The molecule has 0 saturated carbocycles. The van der Waals surface area contributed by atoms with Gasteiger partial charge in [-0.1, -0.05) is 12.1 Å². The van der Waals surface area contributed by atoms with Crippen LogP contribution >= 0.6 is 0 Å². The summed E-state index contributed by atoms with van der Waals surface area (Å²) in [5.74, 6) is 0.268. The highest BCUT2D eigenvalue weighted by Gasteiger charge is 2.35. The van der Waals surface area contributed by atoms with Gasteiger partial charge >= 0.3 is 0 Å². The highest BCUT2D eigenvalue weighted by molar-refractivity contribution is 6.21. The Morgan fingerprint density at radius 1 is 1.05 bits per heavy atom. The van der Waals surface area contributed by atoms with E-state index in [9.17, 15) is 9.59 Å². The van der Waals surface area contributed by atoms with Gasteiger partial charge in [-0.3, -0.25) is 14.9 Å². The fourth-order valence-electron chi connectivity index (χ4n) is 2.54. The second-order valence-corrected chi connectivity index (χ2v) is 5.17. The van der Waals surface area contributed by atoms with E-state index in [1.807, 2.05) is 26.0 Å². The molecule has 106 valence electrons. The van der Waals surface area contributed by atoms with Crippen molar-refractivity contribution in [2.24, 2.45) is 0 Å². The van der Waals surface area contributed by atoms with E-state index in [0.29, 0.717) is 11.1 Å². The first-order chi connectivity index (χ1) is 10.1. The monoisotopic (exact) mass is 282 g/mol. The predicted molar refractivity (Wildman–Crippen MR) is 77.9 cm³/mol. The van der Waals surface area contributed by atoms with Gasteiger partial charge in [-0.25, -0.2) is 9.88 Å². The molecule has 1 aromatic heterocycles. The van der Waals surface area contributed by atoms with Crippen LogP contribution in [-0.4, -0.2) is 23.4 Å². The van der Waals surface area contributed by atoms with E-state index in [0.717, 1.165) is 17.1 Å². The second kappa shape index (κ2) is 5.01.